The molecule has 0 saturated heterocycles. The SMILES string of the molecule is COCC(NC(=O)c1cn(C)nc1-c1ccccn1)c1ccc(OC(F)(F)F)c(F)c1. The fourth-order valence-corrected chi connectivity index (χ4v) is 2.91. The molecule has 3 aromatic rings. The second-order valence-electron chi connectivity index (χ2n) is 6.50. The van der Waals surface area contributed by atoms with E-state index in [1.807, 2.05) is 0 Å². The molecular weight excluding hydrogens is 420 g/mol. The monoisotopic (exact) mass is 438 g/mol. The number of amides is 1. The maximum Gasteiger partial charge on any atom is 0.573 e. The second kappa shape index (κ2) is 9.13. The number of nitrogens with one attached hydrogen (secondary N) is 1. The Kier molecular flexibility index (Phi) is 6.54. The minimum Gasteiger partial charge on any atom is -0.403 e. The van der Waals surface area contributed by atoms with E-state index in [2.05, 4.69) is 20.1 Å². The van der Waals surface area contributed by atoms with E-state index in [0.29, 0.717) is 11.4 Å². The normalized spacial score (nSPS) is 12.5. The molecule has 7 nitrogen and oxygen atoms in total. The van der Waals surface area contributed by atoms with Crippen LogP contribution in [0.25, 0.3) is 11.4 Å². The number of aromatic nitrogens is 3. The molecule has 0 fully saturated rings. The number of hydrogen-bond acceptors (Lipinski definition) is 5. The van der Waals surface area contributed by atoms with Gasteiger partial charge in [-0.05, 0) is 29.8 Å². The standard InChI is InChI=1S/C20H18F4N4O3/c1-28-10-13(18(27-28)15-5-3-4-8-25-15)19(29)26-16(11-30-2)12-6-7-17(14(21)9-12)31-20(22,23)24/h3-10,16H,11H2,1-2H3,(H,26,29). The van der Waals surface area contributed by atoms with E-state index in [4.69, 9.17) is 4.74 Å². The smallest absolute Gasteiger partial charge is 0.403 e. The van der Waals surface area contributed by atoms with Crippen molar-refractivity contribution < 1.29 is 31.8 Å². The summed E-state index contributed by atoms with van der Waals surface area (Å²) in [6, 6.07) is 7.24. The fraction of sp³-hybridized carbons (Fsp3) is 0.250. The summed E-state index contributed by atoms with van der Waals surface area (Å²) in [7, 11) is 3.02. The summed E-state index contributed by atoms with van der Waals surface area (Å²) in [6.07, 6.45) is -1.96. The Labute approximate surface area is 174 Å². The van der Waals surface area contributed by atoms with Gasteiger partial charge in [-0.3, -0.25) is 14.5 Å². The van der Waals surface area contributed by atoms with E-state index < -0.39 is 29.9 Å². The Balaban J connectivity index is 1.86. The summed E-state index contributed by atoms with van der Waals surface area (Å²) in [5.74, 6) is -2.73. The number of alkyl halides is 3. The van der Waals surface area contributed by atoms with Gasteiger partial charge in [0.1, 0.15) is 5.69 Å². The van der Waals surface area contributed by atoms with Gasteiger partial charge in [-0.2, -0.15) is 5.10 Å². The third-order valence-corrected chi connectivity index (χ3v) is 4.20. The summed E-state index contributed by atoms with van der Waals surface area (Å²) in [4.78, 5) is 17.1. The van der Waals surface area contributed by atoms with Crippen molar-refractivity contribution in [3.63, 3.8) is 0 Å². The molecule has 1 unspecified atom stereocenters. The fourth-order valence-electron chi connectivity index (χ4n) is 2.91. The van der Waals surface area contributed by atoms with Crippen molar-refractivity contribution in [3.8, 4) is 17.1 Å². The van der Waals surface area contributed by atoms with Gasteiger partial charge in [0.05, 0.1) is 23.9 Å². The Bertz CT molecular complexity index is 1050. The van der Waals surface area contributed by atoms with Crippen LogP contribution in [-0.2, 0) is 11.8 Å². The van der Waals surface area contributed by atoms with Gasteiger partial charge in [-0.1, -0.05) is 12.1 Å². The quantitative estimate of drug-likeness (QED) is 0.570. The van der Waals surface area contributed by atoms with Crippen molar-refractivity contribution in [3.05, 3.63) is 65.7 Å². The number of rotatable bonds is 7. The molecule has 1 N–H and O–H groups in total. The minimum absolute atomic E-state index is 0.0517. The van der Waals surface area contributed by atoms with Gasteiger partial charge in [0.2, 0.25) is 0 Å². The van der Waals surface area contributed by atoms with Crippen molar-refractivity contribution in [2.24, 2.45) is 7.05 Å². The third-order valence-electron chi connectivity index (χ3n) is 4.20. The number of hydrogen-bond donors (Lipinski definition) is 1. The highest BCUT2D eigenvalue weighted by Gasteiger charge is 2.32. The summed E-state index contributed by atoms with van der Waals surface area (Å²) in [6.45, 7) is -0.0517. The lowest BCUT2D eigenvalue weighted by atomic mass is 10.1. The predicted molar refractivity (Wildman–Crippen MR) is 102 cm³/mol. The van der Waals surface area contributed by atoms with E-state index in [0.717, 1.165) is 12.1 Å². The van der Waals surface area contributed by atoms with Crippen LogP contribution >= 0.6 is 0 Å². The molecule has 11 heteroatoms. The first-order valence-corrected chi connectivity index (χ1v) is 8.98. The molecule has 1 aromatic carbocycles. The highest BCUT2D eigenvalue weighted by molar-refractivity contribution is 5.99. The van der Waals surface area contributed by atoms with E-state index >= 15 is 0 Å². The first kappa shape index (κ1) is 22.2. The number of nitrogens with zero attached hydrogens (tertiary/aromatic N) is 3. The zero-order valence-electron chi connectivity index (χ0n) is 16.5. The van der Waals surface area contributed by atoms with Crippen LogP contribution in [0.5, 0.6) is 5.75 Å². The summed E-state index contributed by atoms with van der Waals surface area (Å²) in [5.41, 5.74) is 1.25. The average molecular weight is 438 g/mol. The third kappa shape index (κ3) is 5.57. The van der Waals surface area contributed by atoms with Crippen molar-refractivity contribution >= 4 is 5.91 Å². The van der Waals surface area contributed by atoms with Crippen molar-refractivity contribution in [2.75, 3.05) is 13.7 Å². The first-order chi connectivity index (χ1) is 14.7. The molecule has 0 aliphatic heterocycles. The number of pyridine rings is 1. The van der Waals surface area contributed by atoms with Gasteiger partial charge >= 0.3 is 6.36 Å². The summed E-state index contributed by atoms with van der Waals surface area (Å²) >= 11 is 0. The average Bonchev–Trinajstić information content (AvgIpc) is 3.11. The number of carbonyl (C=O) groups excluding carboxylic acids is 1. The minimum atomic E-state index is -5.02. The van der Waals surface area contributed by atoms with Crippen LogP contribution < -0.4 is 10.1 Å². The molecule has 0 aliphatic rings. The van der Waals surface area contributed by atoms with Crippen LogP contribution in [0.4, 0.5) is 17.6 Å². The zero-order valence-corrected chi connectivity index (χ0v) is 16.5. The van der Waals surface area contributed by atoms with Crippen molar-refractivity contribution in [1.82, 2.24) is 20.1 Å². The molecule has 0 aliphatic carbocycles. The van der Waals surface area contributed by atoms with Gasteiger partial charge in [0.25, 0.3) is 5.91 Å². The maximum absolute atomic E-state index is 14.1. The lowest BCUT2D eigenvalue weighted by Crippen LogP contribution is -2.31. The van der Waals surface area contributed by atoms with Crippen LogP contribution in [0.3, 0.4) is 0 Å². The van der Waals surface area contributed by atoms with Crippen molar-refractivity contribution in [1.29, 1.82) is 0 Å². The van der Waals surface area contributed by atoms with Crippen molar-refractivity contribution in [2.45, 2.75) is 12.4 Å². The van der Waals surface area contributed by atoms with Crippen LogP contribution in [0.15, 0.2) is 48.8 Å². The molecule has 0 radical (unpaired) electrons. The van der Waals surface area contributed by atoms with Gasteiger partial charge in [0, 0.05) is 26.6 Å². The van der Waals surface area contributed by atoms with Crippen LogP contribution in [0, 0.1) is 5.82 Å². The number of halogens is 4. The van der Waals surface area contributed by atoms with Gasteiger partial charge in [0.15, 0.2) is 11.6 Å². The Morgan fingerprint density at radius 2 is 2.03 bits per heavy atom. The predicted octanol–water partition coefficient (Wildman–Crippen LogP) is 3.64. The summed E-state index contributed by atoms with van der Waals surface area (Å²) < 4.78 is 61.4. The number of benzene rings is 1. The topological polar surface area (TPSA) is 78.3 Å². The molecule has 0 bridgehead atoms. The highest BCUT2D eigenvalue weighted by atomic mass is 19.4. The molecule has 0 saturated carbocycles. The van der Waals surface area contributed by atoms with Gasteiger partial charge in [-0.15, -0.1) is 13.2 Å². The lowest BCUT2D eigenvalue weighted by molar-refractivity contribution is -0.275. The van der Waals surface area contributed by atoms with Gasteiger partial charge in [-0.25, -0.2) is 4.39 Å². The van der Waals surface area contributed by atoms with Gasteiger partial charge < -0.3 is 14.8 Å². The molecule has 0 spiro atoms. The van der Waals surface area contributed by atoms with E-state index in [1.54, 1.807) is 31.4 Å². The zero-order chi connectivity index (χ0) is 22.6. The molecule has 2 heterocycles. The van der Waals surface area contributed by atoms with Crippen LogP contribution in [0.1, 0.15) is 22.0 Å². The molecule has 1 atom stereocenters. The number of aryl methyl sites for hydroxylation is 1. The van der Waals surface area contributed by atoms with E-state index in [-0.39, 0.29) is 17.7 Å². The van der Waals surface area contributed by atoms with E-state index in [9.17, 15) is 22.4 Å². The summed E-state index contributed by atoms with van der Waals surface area (Å²) in [5, 5.41) is 6.96. The highest BCUT2D eigenvalue weighted by Crippen LogP contribution is 2.28. The Hall–Kier alpha value is -3.47. The molecule has 164 valence electrons. The second-order valence-corrected chi connectivity index (χ2v) is 6.50. The van der Waals surface area contributed by atoms with Crippen LogP contribution in [-0.4, -0.2) is 40.8 Å². The Morgan fingerprint density at radius 3 is 2.65 bits per heavy atom. The van der Waals surface area contributed by atoms with Crippen LogP contribution in [0.2, 0.25) is 0 Å². The van der Waals surface area contributed by atoms with E-state index in [1.165, 1.54) is 24.1 Å². The Morgan fingerprint density at radius 1 is 1.26 bits per heavy atom. The molecular formula is C20H18F4N4O3. The lowest BCUT2D eigenvalue weighted by Gasteiger charge is -2.19. The largest absolute Gasteiger partial charge is 0.573 e. The maximum atomic E-state index is 14.1. The molecule has 1 amide bonds. The number of carbonyl (C=O) groups is 1. The molecule has 3 rings (SSSR count). The molecule has 31 heavy (non-hydrogen) atoms. The first-order valence-electron chi connectivity index (χ1n) is 8.98. The number of methoxy groups -OCH3 is 1. The number of ether oxygens (including phenoxy) is 2. The molecule has 2 aromatic heterocycles.